The summed E-state index contributed by atoms with van der Waals surface area (Å²) in [6.45, 7) is 0. The van der Waals surface area contributed by atoms with Crippen LogP contribution in [0.5, 0.6) is 0 Å². The van der Waals surface area contributed by atoms with E-state index < -0.39 is 34.2 Å². The molecule has 5 nitrogen and oxygen atoms in total. The first-order chi connectivity index (χ1) is 13.7. The van der Waals surface area contributed by atoms with Crippen LogP contribution in [0, 0.1) is 11.6 Å². The number of hydrogen-bond donors (Lipinski definition) is 1. The van der Waals surface area contributed by atoms with Crippen molar-refractivity contribution in [1.82, 2.24) is 8.99 Å². The molecule has 0 fully saturated rings. The van der Waals surface area contributed by atoms with Gasteiger partial charge >= 0.3 is 6.03 Å². The summed E-state index contributed by atoms with van der Waals surface area (Å²) in [4.78, 5) is 24.4. The molecule has 1 heterocycles. The number of rotatable bonds is 3. The number of halogens is 6. The summed E-state index contributed by atoms with van der Waals surface area (Å²) in [6.07, 6.45) is 3.20. The summed E-state index contributed by atoms with van der Waals surface area (Å²) < 4.78 is 29.5. The highest BCUT2D eigenvalue weighted by molar-refractivity contribution is 6.42. The Hall–Kier alpha value is -2.32. The van der Waals surface area contributed by atoms with Crippen molar-refractivity contribution in [2.75, 3.05) is 5.32 Å². The topological polar surface area (TPSA) is 54.3 Å². The van der Waals surface area contributed by atoms with Crippen LogP contribution in [-0.4, -0.2) is 20.9 Å². The number of amides is 3. The summed E-state index contributed by atoms with van der Waals surface area (Å²) in [5.41, 5.74) is -0.0772. The maximum absolute atomic E-state index is 14.0. The van der Waals surface area contributed by atoms with Crippen molar-refractivity contribution in [3.8, 4) is 5.69 Å². The van der Waals surface area contributed by atoms with Gasteiger partial charge in [-0.2, -0.15) is 4.42 Å². The molecule has 0 bridgehead atoms. The number of imide groups is 1. The zero-order valence-corrected chi connectivity index (χ0v) is 17.1. The lowest BCUT2D eigenvalue weighted by Gasteiger charge is -2.15. The molecule has 0 spiro atoms. The zero-order valence-electron chi connectivity index (χ0n) is 14.1. The minimum absolute atomic E-state index is 0.0250. The molecule has 150 valence electrons. The third kappa shape index (κ3) is 4.48. The number of carbonyl (C=O) groups excluding carboxylic acids is 2. The normalized spacial score (nSPS) is 10.7. The number of aromatic nitrogens is 1. The lowest BCUT2D eigenvalue weighted by molar-refractivity contribution is 0.0884. The van der Waals surface area contributed by atoms with E-state index in [4.69, 9.17) is 46.6 Å². The van der Waals surface area contributed by atoms with E-state index in [-0.39, 0.29) is 10.1 Å². The number of nitrogens with one attached hydrogen (secondary N) is 1. The number of carbonyl (C=O) groups is 2. The SMILES string of the molecule is O=C(Nc1ccc(-n2cc(Cl)c(Cl)c2)cc1)N(Cl)C(=O)c1c(F)ccc(Cl)c1F. The molecule has 0 aliphatic carbocycles. The second kappa shape index (κ2) is 8.59. The first-order valence-electron chi connectivity index (χ1n) is 7.77. The molecule has 11 heteroatoms. The molecule has 0 saturated heterocycles. The maximum atomic E-state index is 14.0. The Morgan fingerprint density at radius 3 is 2.07 bits per heavy atom. The van der Waals surface area contributed by atoms with E-state index in [1.165, 1.54) is 12.1 Å². The van der Waals surface area contributed by atoms with E-state index in [9.17, 15) is 18.4 Å². The van der Waals surface area contributed by atoms with Crippen molar-refractivity contribution in [2.45, 2.75) is 0 Å². The van der Waals surface area contributed by atoms with Crippen LogP contribution in [0.1, 0.15) is 10.4 Å². The fourth-order valence-electron chi connectivity index (χ4n) is 2.36. The van der Waals surface area contributed by atoms with Gasteiger partial charge in [0.25, 0.3) is 5.91 Å². The Bertz CT molecular complexity index is 1080. The number of urea groups is 1. The van der Waals surface area contributed by atoms with Gasteiger partial charge in [0.1, 0.15) is 11.4 Å². The summed E-state index contributed by atoms with van der Waals surface area (Å²) in [5.74, 6) is -3.93. The Kier molecular flexibility index (Phi) is 6.33. The molecule has 29 heavy (non-hydrogen) atoms. The smallest absolute Gasteiger partial charge is 0.321 e. The van der Waals surface area contributed by atoms with Crippen LogP contribution < -0.4 is 5.32 Å². The van der Waals surface area contributed by atoms with Crippen molar-refractivity contribution in [1.29, 1.82) is 0 Å². The van der Waals surface area contributed by atoms with Gasteiger partial charge in [0.15, 0.2) is 5.82 Å². The molecule has 3 rings (SSSR count). The van der Waals surface area contributed by atoms with Gasteiger partial charge in [-0.15, -0.1) is 0 Å². The Labute approximate surface area is 183 Å². The number of benzene rings is 2. The predicted molar refractivity (Wildman–Crippen MR) is 108 cm³/mol. The molecule has 0 saturated carbocycles. The van der Waals surface area contributed by atoms with Gasteiger partial charge in [-0.1, -0.05) is 34.8 Å². The first-order valence-corrected chi connectivity index (χ1v) is 9.24. The lowest BCUT2D eigenvalue weighted by Crippen LogP contribution is -2.33. The lowest BCUT2D eigenvalue weighted by atomic mass is 10.2. The Morgan fingerprint density at radius 2 is 1.48 bits per heavy atom. The highest BCUT2D eigenvalue weighted by Crippen LogP contribution is 2.26. The first kappa shape index (κ1) is 21.4. The Balaban J connectivity index is 1.74. The van der Waals surface area contributed by atoms with Gasteiger partial charge < -0.3 is 9.88 Å². The van der Waals surface area contributed by atoms with Crippen molar-refractivity contribution in [2.24, 2.45) is 0 Å². The number of nitrogens with zero attached hydrogens (tertiary/aromatic N) is 2. The number of anilines is 1. The monoisotopic (exact) mass is 477 g/mol. The molecular formula is C18H9Cl4F2N3O2. The molecule has 1 N–H and O–H groups in total. The fourth-order valence-corrected chi connectivity index (χ4v) is 2.95. The second-order valence-electron chi connectivity index (χ2n) is 5.64. The molecule has 0 aliphatic heterocycles. The average Bonchev–Trinajstić information content (AvgIpc) is 3.03. The molecule has 0 unspecified atom stereocenters. The number of hydrogen-bond acceptors (Lipinski definition) is 2. The van der Waals surface area contributed by atoms with Crippen LogP contribution in [0.4, 0.5) is 19.3 Å². The van der Waals surface area contributed by atoms with Crippen LogP contribution in [0.2, 0.25) is 15.1 Å². The van der Waals surface area contributed by atoms with Gasteiger partial charge in [0, 0.05) is 35.5 Å². The van der Waals surface area contributed by atoms with E-state index in [0.717, 1.165) is 12.1 Å². The van der Waals surface area contributed by atoms with Crippen molar-refractivity contribution >= 4 is 64.2 Å². The van der Waals surface area contributed by atoms with Gasteiger partial charge in [-0.3, -0.25) is 4.79 Å². The fraction of sp³-hybridized carbons (Fsp3) is 0. The van der Waals surface area contributed by atoms with Gasteiger partial charge in [0.05, 0.1) is 15.1 Å². The van der Waals surface area contributed by atoms with Gasteiger partial charge in [-0.05, 0) is 36.4 Å². The molecule has 0 radical (unpaired) electrons. The highest BCUT2D eigenvalue weighted by Gasteiger charge is 2.28. The van der Waals surface area contributed by atoms with Crippen LogP contribution >= 0.6 is 46.6 Å². The maximum Gasteiger partial charge on any atom is 0.343 e. The average molecular weight is 479 g/mol. The molecular weight excluding hydrogens is 470 g/mol. The summed E-state index contributed by atoms with van der Waals surface area (Å²) in [7, 11) is 0. The van der Waals surface area contributed by atoms with E-state index in [1.807, 2.05) is 0 Å². The second-order valence-corrected chi connectivity index (χ2v) is 7.20. The van der Waals surface area contributed by atoms with Crippen LogP contribution in [-0.2, 0) is 0 Å². The summed E-state index contributed by atoms with van der Waals surface area (Å²) in [5, 5.41) is 2.60. The molecule has 1 aromatic heterocycles. The third-order valence-electron chi connectivity index (χ3n) is 3.76. The van der Waals surface area contributed by atoms with Crippen molar-refractivity contribution in [3.63, 3.8) is 0 Å². The van der Waals surface area contributed by atoms with E-state index in [1.54, 1.807) is 29.1 Å². The van der Waals surface area contributed by atoms with Gasteiger partial charge in [-0.25, -0.2) is 13.6 Å². The predicted octanol–water partition coefficient (Wildman–Crippen LogP) is 6.54. The molecule has 0 aliphatic rings. The Morgan fingerprint density at radius 1 is 0.897 bits per heavy atom. The van der Waals surface area contributed by atoms with Crippen LogP contribution in [0.15, 0.2) is 48.8 Å². The van der Waals surface area contributed by atoms with Crippen molar-refractivity contribution in [3.05, 3.63) is 81.1 Å². The highest BCUT2D eigenvalue weighted by atomic mass is 35.5. The third-order valence-corrected chi connectivity index (χ3v) is 5.06. The zero-order chi connectivity index (χ0) is 21.3. The molecule has 3 amide bonds. The quantitative estimate of drug-likeness (QED) is 0.343. The molecule has 2 aromatic carbocycles. The standard InChI is InChI=1S/C18H9Cl4F2N3O2/c19-11-5-6-14(23)15(16(11)24)17(28)27(22)18(29)25-9-1-3-10(4-2-9)26-7-12(20)13(21)8-26/h1-8H,(H,25,29). The van der Waals surface area contributed by atoms with E-state index in [0.29, 0.717) is 15.7 Å². The van der Waals surface area contributed by atoms with E-state index >= 15 is 0 Å². The molecule has 3 aromatic rings. The van der Waals surface area contributed by atoms with Crippen LogP contribution in [0.25, 0.3) is 5.69 Å². The van der Waals surface area contributed by atoms with E-state index in [2.05, 4.69) is 5.32 Å². The van der Waals surface area contributed by atoms with Crippen molar-refractivity contribution < 1.29 is 18.4 Å². The molecule has 0 atom stereocenters. The minimum atomic E-state index is -1.41. The summed E-state index contributed by atoms with van der Waals surface area (Å²) >= 11 is 23.0. The van der Waals surface area contributed by atoms with Gasteiger partial charge in [0.2, 0.25) is 0 Å². The van der Waals surface area contributed by atoms with Crippen LogP contribution in [0.3, 0.4) is 0 Å². The summed E-state index contributed by atoms with van der Waals surface area (Å²) in [6, 6.07) is 6.93. The largest absolute Gasteiger partial charge is 0.343 e. The minimum Gasteiger partial charge on any atom is -0.321 e.